The fraction of sp³-hybridized carbons (Fsp3) is 0.381. The minimum absolute atomic E-state index is 0.0349. The number of imidazole rings is 1. The summed E-state index contributed by atoms with van der Waals surface area (Å²) in [6, 6.07) is 6.77. The van der Waals surface area contributed by atoms with Crippen molar-refractivity contribution in [3.05, 3.63) is 48.0 Å². The zero-order valence-electron chi connectivity index (χ0n) is 17.3. The van der Waals surface area contributed by atoms with Gasteiger partial charge >= 0.3 is 0 Å². The molecule has 0 saturated carbocycles. The highest BCUT2D eigenvalue weighted by Crippen LogP contribution is 2.44. The van der Waals surface area contributed by atoms with Crippen LogP contribution in [-0.4, -0.2) is 66.9 Å². The number of anilines is 1. The number of fused-ring (bicyclic) bond motifs is 3. The molecule has 2 amide bonds. The van der Waals surface area contributed by atoms with E-state index in [1.165, 1.54) is 11.2 Å². The molecule has 164 valence electrons. The van der Waals surface area contributed by atoms with E-state index in [-0.39, 0.29) is 24.2 Å². The van der Waals surface area contributed by atoms with Crippen LogP contribution in [0.1, 0.15) is 40.8 Å². The average Bonchev–Trinajstić information content (AvgIpc) is 3.47. The van der Waals surface area contributed by atoms with Gasteiger partial charge in [0.25, 0.3) is 11.8 Å². The normalized spacial score (nSPS) is 28.5. The highest BCUT2D eigenvalue weighted by atomic mass is 16.8. The second-order valence-electron chi connectivity index (χ2n) is 8.48. The maximum atomic E-state index is 12.9. The Bertz CT molecular complexity index is 1240. The van der Waals surface area contributed by atoms with Gasteiger partial charge in [0.05, 0.1) is 24.0 Å². The number of aromatic nitrogens is 4. The fourth-order valence-electron chi connectivity index (χ4n) is 4.67. The van der Waals surface area contributed by atoms with E-state index < -0.39 is 30.3 Å². The fourth-order valence-corrected chi connectivity index (χ4v) is 4.67. The molecular weight excluding hydrogens is 416 g/mol. The lowest BCUT2D eigenvalue weighted by Crippen LogP contribution is -2.42. The number of nitrogens with two attached hydrogens (primary N) is 1. The number of rotatable bonds is 3. The van der Waals surface area contributed by atoms with Crippen LogP contribution in [0.5, 0.6) is 0 Å². The van der Waals surface area contributed by atoms with Crippen LogP contribution in [0.3, 0.4) is 0 Å². The van der Waals surface area contributed by atoms with Crippen molar-refractivity contribution in [1.29, 1.82) is 0 Å². The SMILES string of the molecule is CC1(C)OC2[C@H](n3cnc4c(N)ncnc43)O[C@H](CN3C(=O)c4ccccc4C3=O)[C@H]2O1. The molecule has 2 N–H and O–H groups in total. The molecule has 4 atom stereocenters. The third-order valence-corrected chi connectivity index (χ3v) is 6.03. The van der Waals surface area contributed by atoms with Gasteiger partial charge in [0, 0.05) is 0 Å². The molecule has 11 heteroatoms. The summed E-state index contributed by atoms with van der Waals surface area (Å²) in [5.41, 5.74) is 7.65. The Morgan fingerprint density at radius 1 is 1.03 bits per heavy atom. The number of carbonyl (C=O) groups is 2. The van der Waals surface area contributed by atoms with Crippen molar-refractivity contribution in [1.82, 2.24) is 24.4 Å². The molecular formula is C21H20N6O5. The Kier molecular flexibility index (Phi) is 3.95. The molecule has 3 aliphatic heterocycles. The van der Waals surface area contributed by atoms with Crippen molar-refractivity contribution < 1.29 is 23.8 Å². The van der Waals surface area contributed by atoms with Gasteiger partial charge in [-0.05, 0) is 26.0 Å². The molecule has 1 unspecified atom stereocenters. The number of hydrogen-bond donors (Lipinski definition) is 1. The lowest BCUT2D eigenvalue weighted by atomic mass is 10.1. The molecule has 0 radical (unpaired) electrons. The van der Waals surface area contributed by atoms with E-state index in [4.69, 9.17) is 19.9 Å². The molecule has 2 saturated heterocycles. The van der Waals surface area contributed by atoms with E-state index in [1.807, 2.05) is 13.8 Å². The molecule has 2 aromatic heterocycles. The molecule has 1 aromatic carbocycles. The van der Waals surface area contributed by atoms with Gasteiger partial charge in [-0.1, -0.05) is 12.1 Å². The van der Waals surface area contributed by atoms with Crippen LogP contribution >= 0.6 is 0 Å². The third kappa shape index (κ3) is 2.68. The first-order chi connectivity index (χ1) is 15.3. The first-order valence-corrected chi connectivity index (χ1v) is 10.2. The highest BCUT2D eigenvalue weighted by molar-refractivity contribution is 6.21. The molecule has 0 spiro atoms. The van der Waals surface area contributed by atoms with Gasteiger partial charge in [-0.2, -0.15) is 0 Å². The van der Waals surface area contributed by atoms with Gasteiger partial charge in [-0.3, -0.25) is 19.1 Å². The number of amides is 2. The molecule has 11 nitrogen and oxygen atoms in total. The minimum atomic E-state index is -0.859. The zero-order chi connectivity index (χ0) is 22.2. The first kappa shape index (κ1) is 19.3. The summed E-state index contributed by atoms with van der Waals surface area (Å²) >= 11 is 0. The second-order valence-corrected chi connectivity index (χ2v) is 8.48. The van der Waals surface area contributed by atoms with Crippen molar-refractivity contribution in [3.8, 4) is 0 Å². The highest BCUT2D eigenvalue weighted by Gasteiger charge is 2.57. The molecule has 2 fully saturated rings. The van der Waals surface area contributed by atoms with Crippen LogP contribution in [0, 0.1) is 0 Å². The predicted octanol–water partition coefficient (Wildman–Crippen LogP) is 1.12. The van der Waals surface area contributed by atoms with Crippen LogP contribution in [0.2, 0.25) is 0 Å². The van der Waals surface area contributed by atoms with Crippen LogP contribution in [-0.2, 0) is 14.2 Å². The summed E-state index contributed by atoms with van der Waals surface area (Å²) in [5.74, 6) is -1.29. The first-order valence-electron chi connectivity index (χ1n) is 10.2. The smallest absolute Gasteiger partial charge is 0.261 e. The van der Waals surface area contributed by atoms with Gasteiger partial charge in [0.15, 0.2) is 23.5 Å². The number of carbonyl (C=O) groups excluding carboxylic acids is 2. The summed E-state index contributed by atoms with van der Waals surface area (Å²) in [4.78, 5) is 39.5. The summed E-state index contributed by atoms with van der Waals surface area (Å²) in [6.45, 7) is 3.66. The van der Waals surface area contributed by atoms with Crippen molar-refractivity contribution in [3.63, 3.8) is 0 Å². The topological polar surface area (TPSA) is 135 Å². The van der Waals surface area contributed by atoms with Gasteiger partial charge in [-0.15, -0.1) is 0 Å². The predicted molar refractivity (Wildman–Crippen MR) is 109 cm³/mol. The molecule has 0 aliphatic carbocycles. The summed E-state index contributed by atoms with van der Waals surface area (Å²) in [6.07, 6.45) is 0.673. The average molecular weight is 436 g/mol. The number of nitrogen functional groups attached to an aromatic ring is 1. The Morgan fingerprint density at radius 3 is 2.44 bits per heavy atom. The molecule has 3 aromatic rings. The molecule has 6 rings (SSSR count). The van der Waals surface area contributed by atoms with Crippen LogP contribution < -0.4 is 5.73 Å². The molecule has 5 heterocycles. The van der Waals surface area contributed by atoms with E-state index in [9.17, 15) is 9.59 Å². The van der Waals surface area contributed by atoms with Crippen LogP contribution in [0.15, 0.2) is 36.9 Å². The zero-order valence-corrected chi connectivity index (χ0v) is 17.3. The lowest BCUT2D eigenvalue weighted by Gasteiger charge is -2.26. The van der Waals surface area contributed by atoms with Crippen LogP contribution in [0.25, 0.3) is 11.2 Å². The maximum absolute atomic E-state index is 12.9. The number of imide groups is 1. The van der Waals surface area contributed by atoms with Crippen molar-refractivity contribution in [2.24, 2.45) is 0 Å². The van der Waals surface area contributed by atoms with E-state index in [2.05, 4.69) is 15.0 Å². The number of hydrogen-bond acceptors (Lipinski definition) is 9. The Hall–Kier alpha value is -3.41. The van der Waals surface area contributed by atoms with E-state index in [1.54, 1.807) is 35.2 Å². The van der Waals surface area contributed by atoms with Crippen LogP contribution in [0.4, 0.5) is 5.82 Å². The van der Waals surface area contributed by atoms with Gasteiger partial charge in [0.1, 0.15) is 30.2 Å². The van der Waals surface area contributed by atoms with Crippen molar-refractivity contribution >= 4 is 28.8 Å². The van der Waals surface area contributed by atoms with Gasteiger partial charge < -0.3 is 19.9 Å². The summed E-state index contributed by atoms with van der Waals surface area (Å²) in [7, 11) is 0. The maximum Gasteiger partial charge on any atom is 0.261 e. The monoisotopic (exact) mass is 436 g/mol. The van der Waals surface area contributed by atoms with E-state index in [0.717, 1.165) is 0 Å². The summed E-state index contributed by atoms with van der Waals surface area (Å²) in [5, 5.41) is 0. The molecule has 32 heavy (non-hydrogen) atoms. The van der Waals surface area contributed by atoms with Gasteiger partial charge in [0.2, 0.25) is 0 Å². The number of benzene rings is 1. The number of nitrogens with zero attached hydrogens (tertiary/aromatic N) is 5. The lowest BCUT2D eigenvalue weighted by molar-refractivity contribution is -0.196. The number of ether oxygens (including phenoxy) is 3. The van der Waals surface area contributed by atoms with E-state index >= 15 is 0 Å². The molecule has 0 bridgehead atoms. The Balaban J connectivity index is 1.34. The minimum Gasteiger partial charge on any atom is -0.382 e. The second kappa shape index (κ2) is 6.55. The van der Waals surface area contributed by atoms with Gasteiger partial charge in [-0.25, -0.2) is 15.0 Å². The largest absolute Gasteiger partial charge is 0.382 e. The Morgan fingerprint density at radius 2 is 1.72 bits per heavy atom. The standard InChI is InChI=1S/C21H20N6O5/c1-21(2)31-14-12(7-26-18(28)10-5-3-4-6-11(10)19(26)29)30-20(15(14)32-21)27-9-25-13-16(22)23-8-24-17(13)27/h3-6,8-9,12,14-15,20H,7H2,1-2H3,(H2,22,23,24)/t12-,14-,15?,20-/m1/s1. The summed E-state index contributed by atoms with van der Waals surface area (Å²) < 4.78 is 20.3. The van der Waals surface area contributed by atoms with E-state index in [0.29, 0.717) is 22.3 Å². The third-order valence-electron chi connectivity index (χ3n) is 6.03. The van der Waals surface area contributed by atoms with Crippen molar-refractivity contribution in [2.45, 2.75) is 44.2 Å². The molecule has 3 aliphatic rings. The Labute approximate surface area is 182 Å². The quantitative estimate of drug-likeness (QED) is 0.599. The van der Waals surface area contributed by atoms with Crippen molar-refractivity contribution in [2.75, 3.05) is 12.3 Å².